The van der Waals surface area contributed by atoms with Crippen molar-refractivity contribution >= 4 is 17.3 Å². The summed E-state index contributed by atoms with van der Waals surface area (Å²) in [5, 5.41) is 7.68. The second kappa shape index (κ2) is 6.43. The van der Waals surface area contributed by atoms with E-state index < -0.39 is 0 Å². The second-order valence-electron chi connectivity index (χ2n) is 6.04. The molecule has 0 amide bonds. The molecule has 0 aliphatic carbocycles. The fourth-order valence-electron chi connectivity index (χ4n) is 3.15. The molecule has 2 aromatic heterocycles. The normalized spacial score (nSPS) is 13.3. The fourth-order valence-corrected chi connectivity index (χ4v) is 3.15. The van der Waals surface area contributed by atoms with Crippen LogP contribution in [0.5, 0.6) is 5.75 Å². The first-order chi connectivity index (χ1) is 12.2. The third-order valence-electron chi connectivity index (χ3n) is 4.38. The number of rotatable bonds is 4. The summed E-state index contributed by atoms with van der Waals surface area (Å²) in [4.78, 5) is 8.97. The van der Waals surface area contributed by atoms with E-state index in [0.717, 1.165) is 29.9 Å². The van der Waals surface area contributed by atoms with Crippen LogP contribution in [-0.2, 0) is 13.0 Å². The van der Waals surface area contributed by atoms with Crippen LogP contribution in [0.2, 0.25) is 0 Å². The van der Waals surface area contributed by atoms with Crippen LogP contribution in [0.25, 0.3) is 11.3 Å². The number of hydrogen-bond donors (Lipinski definition) is 2. The molecule has 0 fully saturated rings. The molecule has 0 unspecified atom stereocenters. The lowest BCUT2D eigenvalue weighted by atomic mass is 10.0. The zero-order valence-electron chi connectivity index (χ0n) is 14.1. The highest BCUT2D eigenvalue weighted by Gasteiger charge is 2.17. The summed E-state index contributed by atoms with van der Waals surface area (Å²) in [6, 6.07) is 7.32. The lowest BCUT2D eigenvalue weighted by molar-refractivity contribution is 0.417. The Morgan fingerprint density at radius 1 is 1.24 bits per heavy atom. The number of benzene rings is 1. The Kier molecular flexibility index (Phi) is 3.97. The number of nitrogen functional groups attached to an aromatic ring is 1. The molecular weight excluding hydrogens is 316 g/mol. The zero-order valence-corrected chi connectivity index (χ0v) is 14.1. The van der Waals surface area contributed by atoms with Gasteiger partial charge >= 0.3 is 0 Å². The van der Waals surface area contributed by atoms with Gasteiger partial charge in [-0.1, -0.05) is 0 Å². The minimum atomic E-state index is 0.497. The Labute approximate surface area is 145 Å². The average molecular weight is 336 g/mol. The van der Waals surface area contributed by atoms with Crippen LogP contribution in [0.15, 0.2) is 36.7 Å². The van der Waals surface area contributed by atoms with E-state index in [4.69, 9.17) is 10.5 Å². The van der Waals surface area contributed by atoms with Crippen molar-refractivity contribution in [2.24, 2.45) is 0 Å². The number of fused-ring (bicyclic) bond motifs is 1. The Balaban J connectivity index is 1.67. The van der Waals surface area contributed by atoms with Crippen LogP contribution in [0.4, 0.5) is 17.3 Å². The monoisotopic (exact) mass is 336 g/mol. The number of anilines is 3. The van der Waals surface area contributed by atoms with Gasteiger partial charge in [0, 0.05) is 29.7 Å². The highest BCUT2D eigenvalue weighted by molar-refractivity contribution is 5.69. The van der Waals surface area contributed by atoms with Crippen molar-refractivity contribution in [2.45, 2.75) is 25.8 Å². The molecule has 0 bridgehead atoms. The minimum absolute atomic E-state index is 0.497. The molecule has 0 spiro atoms. The molecule has 3 aromatic rings. The summed E-state index contributed by atoms with van der Waals surface area (Å²) >= 11 is 0. The predicted molar refractivity (Wildman–Crippen MR) is 96.9 cm³/mol. The highest BCUT2D eigenvalue weighted by atomic mass is 16.5. The van der Waals surface area contributed by atoms with Crippen LogP contribution in [0.1, 0.15) is 18.5 Å². The third-order valence-corrected chi connectivity index (χ3v) is 4.38. The SMILES string of the molecule is COc1ccc(N)cc1Nc1nccc(-c2cnn3c2CCCC3)n1. The highest BCUT2D eigenvalue weighted by Crippen LogP contribution is 2.30. The molecule has 128 valence electrons. The average Bonchev–Trinajstić information content (AvgIpc) is 3.06. The lowest BCUT2D eigenvalue weighted by Crippen LogP contribution is -2.11. The number of ether oxygens (including phenoxy) is 1. The van der Waals surface area contributed by atoms with Gasteiger partial charge in [0.15, 0.2) is 0 Å². The number of methoxy groups -OCH3 is 1. The Hall–Kier alpha value is -3.09. The van der Waals surface area contributed by atoms with Crippen molar-refractivity contribution in [2.75, 3.05) is 18.2 Å². The van der Waals surface area contributed by atoms with E-state index in [9.17, 15) is 0 Å². The molecule has 0 saturated carbocycles. The first kappa shape index (κ1) is 15.4. The number of hydrogen-bond acceptors (Lipinski definition) is 6. The van der Waals surface area contributed by atoms with E-state index in [0.29, 0.717) is 17.4 Å². The number of aromatic nitrogens is 4. The molecule has 7 nitrogen and oxygen atoms in total. The molecule has 1 aliphatic rings. The topological polar surface area (TPSA) is 90.9 Å². The van der Waals surface area contributed by atoms with Gasteiger partial charge in [-0.15, -0.1) is 0 Å². The van der Waals surface area contributed by atoms with Crippen LogP contribution in [-0.4, -0.2) is 26.9 Å². The summed E-state index contributed by atoms with van der Waals surface area (Å²) in [6.45, 7) is 0.978. The van der Waals surface area contributed by atoms with Crippen molar-refractivity contribution in [1.82, 2.24) is 19.7 Å². The van der Waals surface area contributed by atoms with Crippen molar-refractivity contribution < 1.29 is 4.74 Å². The van der Waals surface area contributed by atoms with Gasteiger partial charge in [0.25, 0.3) is 0 Å². The standard InChI is InChI=1S/C18H20N6O/c1-25-17-6-5-12(19)10-15(17)23-18-20-8-7-14(22-18)13-11-21-24-9-3-2-4-16(13)24/h5-8,10-11H,2-4,9,19H2,1H3,(H,20,22,23). The first-order valence-electron chi connectivity index (χ1n) is 8.33. The quantitative estimate of drug-likeness (QED) is 0.712. The van der Waals surface area contributed by atoms with Crippen molar-refractivity contribution in [3.05, 3.63) is 42.4 Å². The number of aryl methyl sites for hydroxylation is 1. The summed E-state index contributed by atoms with van der Waals surface area (Å²) in [7, 11) is 1.62. The van der Waals surface area contributed by atoms with Crippen LogP contribution < -0.4 is 15.8 Å². The molecule has 4 rings (SSSR count). The molecule has 1 aromatic carbocycles. The van der Waals surface area contributed by atoms with Gasteiger partial charge < -0.3 is 15.8 Å². The lowest BCUT2D eigenvalue weighted by Gasteiger charge is -2.15. The van der Waals surface area contributed by atoms with Crippen LogP contribution in [0, 0.1) is 0 Å². The van der Waals surface area contributed by atoms with Gasteiger partial charge in [-0.05, 0) is 43.5 Å². The van der Waals surface area contributed by atoms with Crippen molar-refractivity contribution in [3.63, 3.8) is 0 Å². The smallest absolute Gasteiger partial charge is 0.227 e. The number of nitrogens with two attached hydrogens (primary N) is 1. The zero-order chi connectivity index (χ0) is 17.2. The molecule has 0 atom stereocenters. The maximum atomic E-state index is 5.87. The first-order valence-corrected chi connectivity index (χ1v) is 8.33. The van der Waals surface area contributed by atoms with E-state index in [1.807, 2.05) is 18.3 Å². The van der Waals surface area contributed by atoms with E-state index in [2.05, 4.69) is 25.1 Å². The molecule has 7 heteroatoms. The molecule has 0 saturated heterocycles. The summed E-state index contributed by atoms with van der Waals surface area (Å²) in [5.74, 6) is 1.18. The summed E-state index contributed by atoms with van der Waals surface area (Å²) in [6.07, 6.45) is 7.05. The van der Waals surface area contributed by atoms with Gasteiger partial charge in [0.2, 0.25) is 5.95 Å². The van der Waals surface area contributed by atoms with Crippen LogP contribution >= 0.6 is 0 Å². The maximum absolute atomic E-state index is 5.87. The van der Waals surface area contributed by atoms with Gasteiger partial charge in [-0.2, -0.15) is 5.10 Å². The van der Waals surface area contributed by atoms with Crippen molar-refractivity contribution in [3.8, 4) is 17.0 Å². The van der Waals surface area contributed by atoms with E-state index in [1.54, 1.807) is 25.4 Å². The summed E-state index contributed by atoms with van der Waals surface area (Å²) in [5.41, 5.74) is 10.4. The Bertz CT molecular complexity index is 904. The molecule has 0 radical (unpaired) electrons. The van der Waals surface area contributed by atoms with Gasteiger partial charge in [-0.25, -0.2) is 9.97 Å². The van der Waals surface area contributed by atoms with E-state index in [1.165, 1.54) is 18.5 Å². The molecule has 1 aliphatic heterocycles. The third kappa shape index (κ3) is 3.00. The van der Waals surface area contributed by atoms with Gasteiger partial charge in [0.05, 0.1) is 24.7 Å². The molecule has 3 heterocycles. The second-order valence-corrected chi connectivity index (χ2v) is 6.04. The number of nitrogens with one attached hydrogen (secondary N) is 1. The van der Waals surface area contributed by atoms with E-state index >= 15 is 0 Å². The maximum Gasteiger partial charge on any atom is 0.227 e. The predicted octanol–water partition coefficient (Wildman–Crippen LogP) is 3.01. The Morgan fingerprint density at radius 2 is 2.16 bits per heavy atom. The minimum Gasteiger partial charge on any atom is -0.495 e. The van der Waals surface area contributed by atoms with E-state index in [-0.39, 0.29) is 0 Å². The van der Waals surface area contributed by atoms with Crippen molar-refractivity contribution in [1.29, 1.82) is 0 Å². The Morgan fingerprint density at radius 3 is 3.04 bits per heavy atom. The molecule has 25 heavy (non-hydrogen) atoms. The van der Waals surface area contributed by atoms with Gasteiger partial charge in [-0.3, -0.25) is 4.68 Å². The molecule has 3 N–H and O–H groups in total. The van der Waals surface area contributed by atoms with Gasteiger partial charge in [0.1, 0.15) is 5.75 Å². The largest absolute Gasteiger partial charge is 0.495 e. The number of nitrogens with zero attached hydrogens (tertiary/aromatic N) is 4. The fraction of sp³-hybridized carbons (Fsp3) is 0.278. The van der Waals surface area contributed by atoms with Crippen LogP contribution in [0.3, 0.4) is 0 Å². The molecular formula is C18H20N6O. The summed E-state index contributed by atoms with van der Waals surface area (Å²) < 4.78 is 7.44.